The lowest BCUT2D eigenvalue weighted by molar-refractivity contribution is -0.111. The predicted molar refractivity (Wildman–Crippen MR) is 142 cm³/mol. The van der Waals surface area contributed by atoms with Crippen LogP contribution in [0.5, 0.6) is 5.75 Å². The van der Waals surface area contributed by atoms with Crippen LogP contribution in [-0.4, -0.2) is 18.0 Å². The Kier molecular flexibility index (Phi) is 7.39. The number of aromatic nitrogens is 1. The minimum absolute atomic E-state index is 0.322. The number of nitrogens with zero attached hydrogens (tertiary/aromatic N) is 1. The maximum absolute atomic E-state index is 12.6. The van der Waals surface area contributed by atoms with Gasteiger partial charge in [0.05, 0.1) is 17.8 Å². The van der Waals surface area contributed by atoms with Crippen molar-refractivity contribution >= 4 is 56.3 Å². The third-order valence-corrected chi connectivity index (χ3v) is 6.49. The van der Waals surface area contributed by atoms with Crippen LogP contribution in [-0.2, 0) is 4.79 Å². The Labute approximate surface area is 211 Å². The van der Waals surface area contributed by atoms with Gasteiger partial charge in [-0.3, -0.25) is 4.79 Å². The molecular formula is C27H24BrClN2O3. The van der Waals surface area contributed by atoms with Gasteiger partial charge in [-0.15, -0.1) is 0 Å². The average Bonchev–Trinajstić information content (AvgIpc) is 3.27. The fourth-order valence-corrected chi connectivity index (χ4v) is 4.08. The molecule has 7 heteroatoms. The maximum atomic E-state index is 12.6. The molecule has 1 heterocycles. The Morgan fingerprint density at radius 2 is 2.03 bits per heavy atom. The molecular weight excluding hydrogens is 516 g/mol. The van der Waals surface area contributed by atoms with Crippen molar-refractivity contribution in [3.8, 4) is 17.2 Å². The normalized spacial score (nSPS) is 12.3. The van der Waals surface area contributed by atoms with Crippen LogP contribution in [0, 0.1) is 0 Å². The highest BCUT2D eigenvalue weighted by Crippen LogP contribution is 2.32. The number of amides is 1. The van der Waals surface area contributed by atoms with Crippen molar-refractivity contribution in [1.82, 2.24) is 4.98 Å². The quantitative estimate of drug-likeness (QED) is 0.241. The Bertz CT molecular complexity index is 1380. The van der Waals surface area contributed by atoms with Gasteiger partial charge in [0.1, 0.15) is 11.3 Å². The summed E-state index contributed by atoms with van der Waals surface area (Å²) in [5, 5.41) is 3.25. The summed E-state index contributed by atoms with van der Waals surface area (Å²) in [5.41, 5.74) is 4.71. The topological polar surface area (TPSA) is 64.4 Å². The summed E-state index contributed by atoms with van der Waals surface area (Å²) in [6.07, 6.45) is 4.18. The Hall–Kier alpha value is -3.09. The highest BCUT2D eigenvalue weighted by atomic mass is 79.9. The molecule has 0 bridgehead atoms. The molecule has 1 N–H and O–H groups in total. The Balaban J connectivity index is 1.57. The molecule has 4 aromatic rings. The van der Waals surface area contributed by atoms with Gasteiger partial charge in [-0.2, -0.15) is 0 Å². The van der Waals surface area contributed by atoms with Gasteiger partial charge in [0.15, 0.2) is 5.58 Å². The van der Waals surface area contributed by atoms with E-state index >= 15 is 0 Å². The van der Waals surface area contributed by atoms with Gasteiger partial charge in [0.2, 0.25) is 11.8 Å². The molecule has 4 rings (SSSR count). The summed E-state index contributed by atoms with van der Waals surface area (Å²) in [5.74, 6) is 1.27. The number of oxazole rings is 1. The van der Waals surface area contributed by atoms with Crippen LogP contribution in [0.1, 0.15) is 37.3 Å². The molecule has 174 valence electrons. The van der Waals surface area contributed by atoms with Crippen LogP contribution in [0.3, 0.4) is 0 Å². The standard InChI is InChI=1S/C27H24BrClN2O3/c1-4-16(2)17-6-10-25-23(14-17)31-27(34-25)19-5-9-21(29)22(15-19)30-26(32)12-7-18-13-20(28)8-11-24(18)33-3/h5-16H,4H2,1-3H3,(H,30,32)/b12-7+/t16-/m0/s1. The number of hydrogen-bond donors (Lipinski definition) is 1. The van der Waals surface area contributed by atoms with Crippen LogP contribution < -0.4 is 10.1 Å². The van der Waals surface area contributed by atoms with E-state index < -0.39 is 0 Å². The summed E-state index contributed by atoms with van der Waals surface area (Å²) < 4.78 is 12.2. The number of rotatable bonds is 7. The zero-order valence-corrected chi connectivity index (χ0v) is 21.4. The second-order valence-electron chi connectivity index (χ2n) is 7.96. The lowest BCUT2D eigenvalue weighted by atomic mass is 9.98. The molecule has 3 aromatic carbocycles. The lowest BCUT2D eigenvalue weighted by Crippen LogP contribution is -2.08. The van der Waals surface area contributed by atoms with Gasteiger partial charge in [0.25, 0.3) is 0 Å². The molecule has 1 aromatic heterocycles. The van der Waals surface area contributed by atoms with Gasteiger partial charge < -0.3 is 14.5 Å². The number of carbonyl (C=O) groups excluding carboxylic acids is 1. The fourth-order valence-electron chi connectivity index (χ4n) is 3.54. The highest BCUT2D eigenvalue weighted by molar-refractivity contribution is 9.10. The second-order valence-corrected chi connectivity index (χ2v) is 9.28. The molecule has 0 fully saturated rings. The SMILES string of the molecule is CC[C@H](C)c1ccc2oc(-c3ccc(Cl)c(NC(=O)/C=C/c4cc(Br)ccc4OC)c3)nc2c1. The molecule has 0 spiro atoms. The number of ether oxygens (including phenoxy) is 1. The molecule has 0 saturated heterocycles. The van der Waals surface area contributed by atoms with Crippen molar-refractivity contribution in [2.75, 3.05) is 12.4 Å². The van der Waals surface area contributed by atoms with Gasteiger partial charge in [-0.25, -0.2) is 4.98 Å². The van der Waals surface area contributed by atoms with E-state index in [4.69, 9.17) is 20.8 Å². The third-order valence-electron chi connectivity index (χ3n) is 5.67. The van der Waals surface area contributed by atoms with Crippen molar-refractivity contribution in [3.63, 3.8) is 0 Å². The molecule has 0 saturated carbocycles. The number of methoxy groups -OCH3 is 1. The molecule has 1 amide bonds. The van der Waals surface area contributed by atoms with Gasteiger partial charge in [-0.1, -0.05) is 47.4 Å². The van der Waals surface area contributed by atoms with Crippen molar-refractivity contribution in [2.45, 2.75) is 26.2 Å². The number of carbonyl (C=O) groups is 1. The van der Waals surface area contributed by atoms with Crippen molar-refractivity contribution < 1.29 is 13.9 Å². The number of halogens is 2. The summed E-state index contributed by atoms with van der Waals surface area (Å²) in [7, 11) is 1.59. The first kappa shape index (κ1) is 24.0. The predicted octanol–water partition coefficient (Wildman–Crippen LogP) is 8.08. The number of anilines is 1. The van der Waals surface area contributed by atoms with Crippen molar-refractivity contribution in [3.05, 3.63) is 81.3 Å². The van der Waals surface area contributed by atoms with Gasteiger partial charge >= 0.3 is 0 Å². The molecule has 0 aliphatic heterocycles. The second kappa shape index (κ2) is 10.5. The van der Waals surface area contributed by atoms with Crippen LogP contribution in [0.15, 0.2) is 69.6 Å². The largest absolute Gasteiger partial charge is 0.496 e. The first-order valence-electron chi connectivity index (χ1n) is 10.9. The van der Waals surface area contributed by atoms with E-state index in [-0.39, 0.29) is 5.91 Å². The minimum Gasteiger partial charge on any atom is -0.496 e. The van der Waals surface area contributed by atoms with E-state index in [9.17, 15) is 4.79 Å². The van der Waals surface area contributed by atoms with Gasteiger partial charge in [-0.05, 0) is 72.5 Å². The molecule has 0 radical (unpaired) electrons. The fraction of sp³-hybridized carbons (Fsp3) is 0.185. The average molecular weight is 540 g/mol. The van der Waals surface area contributed by atoms with Crippen LogP contribution in [0.25, 0.3) is 28.6 Å². The van der Waals surface area contributed by atoms with E-state index in [0.29, 0.717) is 33.9 Å². The summed E-state index contributed by atoms with van der Waals surface area (Å²) in [6, 6.07) is 17.0. The first-order valence-corrected chi connectivity index (χ1v) is 12.1. The molecule has 0 aliphatic carbocycles. The van der Waals surface area contributed by atoms with Crippen LogP contribution >= 0.6 is 27.5 Å². The van der Waals surface area contributed by atoms with E-state index in [0.717, 1.165) is 27.5 Å². The summed E-state index contributed by atoms with van der Waals surface area (Å²) >= 11 is 9.78. The number of benzene rings is 3. The van der Waals surface area contributed by atoms with E-state index in [1.807, 2.05) is 30.3 Å². The number of fused-ring (bicyclic) bond motifs is 1. The Morgan fingerprint density at radius 3 is 2.79 bits per heavy atom. The molecule has 0 aliphatic rings. The molecule has 1 atom stereocenters. The van der Waals surface area contributed by atoms with E-state index in [1.165, 1.54) is 11.6 Å². The molecule has 5 nitrogen and oxygen atoms in total. The van der Waals surface area contributed by atoms with Crippen LogP contribution in [0.2, 0.25) is 5.02 Å². The highest BCUT2D eigenvalue weighted by Gasteiger charge is 2.13. The third kappa shape index (κ3) is 5.34. The molecule has 0 unspecified atom stereocenters. The minimum atomic E-state index is -0.322. The van der Waals surface area contributed by atoms with Gasteiger partial charge in [0, 0.05) is 21.7 Å². The van der Waals surface area contributed by atoms with E-state index in [2.05, 4.69) is 52.2 Å². The monoisotopic (exact) mass is 538 g/mol. The number of hydrogen-bond acceptors (Lipinski definition) is 4. The zero-order chi connectivity index (χ0) is 24.2. The summed E-state index contributed by atoms with van der Waals surface area (Å²) in [6.45, 7) is 4.36. The molecule has 34 heavy (non-hydrogen) atoms. The number of nitrogens with one attached hydrogen (secondary N) is 1. The van der Waals surface area contributed by atoms with Crippen molar-refractivity contribution in [2.24, 2.45) is 0 Å². The summed E-state index contributed by atoms with van der Waals surface area (Å²) in [4.78, 5) is 17.3. The smallest absolute Gasteiger partial charge is 0.248 e. The first-order chi connectivity index (χ1) is 16.4. The van der Waals surface area contributed by atoms with E-state index in [1.54, 1.807) is 25.3 Å². The zero-order valence-electron chi connectivity index (χ0n) is 19.1. The Morgan fingerprint density at radius 1 is 1.21 bits per heavy atom. The van der Waals surface area contributed by atoms with Crippen LogP contribution in [0.4, 0.5) is 5.69 Å². The lowest BCUT2D eigenvalue weighted by Gasteiger charge is -2.07. The maximum Gasteiger partial charge on any atom is 0.248 e. The van der Waals surface area contributed by atoms with Crippen molar-refractivity contribution in [1.29, 1.82) is 0 Å².